The summed E-state index contributed by atoms with van der Waals surface area (Å²) in [6, 6.07) is 5.93. The fourth-order valence-corrected chi connectivity index (χ4v) is 3.89. The number of hydrogen-bond acceptors (Lipinski definition) is 8. The first kappa shape index (κ1) is 19.3. The van der Waals surface area contributed by atoms with Gasteiger partial charge in [0, 0.05) is 26.0 Å². The Morgan fingerprint density at radius 3 is 3.07 bits per heavy atom. The molecule has 10 heteroatoms. The Hall–Kier alpha value is -2.98. The van der Waals surface area contributed by atoms with Crippen molar-refractivity contribution in [2.24, 2.45) is 0 Å². The van der Waals surface area contributed by atoms with Crippen molar-refractivity contribution in [2.75, 3.05) is 20.4 Å². The highest BCUT2D eigenvalue weighted by molar-refractivity contribution is 7.05. The van der Waals surface area contributed by atoms with Crippen LogP contribution in [-0.4, -0.2) is 45.2 Å². The number of rotatable bonds is 9. The zero-order chi connectivity index (χ0) is 20.1. The molecular formula is C19H22N6O3S. The molecule has 0 aliphatic carbocycles. The number of imidazole rings is 1. The molecule has 152 valence electrons. The molecule has 1 unspecified atom stereocenters. The topological polar surface area (TPSA) is 103 Å². The predicted molar refractivity (Wildman–Crippen MR) is 107 cm³/mol. The molecule has 29 heavy (non-hydrogen) atoms. The smallest absolute Gasteiger partial charge is 0.246 e. The summed E-state index contributed by atoms with van der Waals surface area (Å²) in [4.78, 5) is 20.9. The van der Waals surface area contributed by atoms with Gasteiger partial charge in [-0.2, -0.15) is 4.37 Å². The number of nitrogens with zero attached hydrogens (tertiary/aromatic N) is 4. The normalized spacial score (nSPS) is 13.4. The minimum Gasteiger partial charge on any atom is -0.454 e. The Kier molecular flexibility index (Phi) is 6.01. The van der Waals surface area contributed by atoms with Gasteiger partial charge in [-0.05, 0) is 48.6 Å². The number of benzene rings is 1. The van der Waals surface area contributed by atoms with Crippen molar-refractivity contribution in [3.8, 4) is 17.4 Å². The van der Waals surface area contributed by atoms with Crippen LogP contribution in [0.25, 0.3) is 5.95 Å². The van der Waals surface area contributed by atoms with Crippen LogP contribution in [-0.2, 0) is 11.3 Å². The molecule has 2 aromatic heterocycles. The minimum atomic E-state index is -0.317. The van der Waals surface area contributed by atoms with Crippen LogP contribution in [0.15, 0.2) is 36.9 Å². The van der Waals surface area contributed by atoms with Crippen molar-refractivity contribution in [3.63, 3.8) is 0 Å². The third kappa shape index (κ3) is 4.54. The molecule has 1 amide bonds. The van der Waals surface area contributed by atoms with Crippen molar-refractivity contribution in [1.82, 2.24) is 29.5 Å². The Labute approximate surface area is 172 Å². The van der Waals surface area contributed by atoms with E-state index in [4.69, 9.17) is 9.47 Å². The number of nitrogens with one attached hydrogen (secondary N) is 2. The molecule has 1 aliphatic heterocycles. The Morgan fingerprint density at radius 2 is 2.24 bits per heavy atom. The highest BCUT2D eigenvalue weighted by atomic mass is 32.1. The first-order valence-electron chi connectivity index (χ1n) is 9.37. The molecule has 2 N–H and O–H groups in total. The first-order valence-corrected chi connectivity index (χ1v) is 10.1. The van der Waals surface area contributed by atoms with Crippen LogP contribution in [0.4, 0.5) is 0 Å². The lowest BCUT2D eigenvalue weighted by Gasteiger charge is -2.12. The second-order valence-corrected chi connectivity index (χ2v) is 7.36. The SMILES string of the molecule is CNC(=O)C(CCCNCc1ccc2c(c1)OCO2)c1nc(-n2ccnc2)ns1. The van der Waals surface area contributed by atoms with Gasteiger partial charge in [-0.1, -0.05) is 6.07 Å². The van der Waals surface area contributed by atoms with Crippen LogP contribution >= 0.6 is 11.5 Å². The third-order valence-electron chi connectivity index (χ3n) is 4.64. The molecule has 1 atom stereocenters. The quantitative estimate of drug-likeness (QED) is 0.515. The van der Waals surface area contributed by atoms with E-state index in [-0.39, 0.29) is 18.6 Å². The van der Waals surface area contributed by atoms with Gasteiger partial charge in [-0.15, -0.1) is 0 Å². The van der Waals surface area contributed by atoms with Gasteiger partial charge in [0.15, 0.2) is 11.5 Å². The highest BCUT2D eigenvalue weighted by Crippen LogP contribution is 2.32. The average molecular weight is 414 g/mol. The van der Waals surface area contributed by atoms with Crippen LogP contribution in [0.1, 0.15) is 29.3 Å². The van der Waals surface area contributed by atoms with Gasteiger partial charge < -0.3 is 20.1 Å². The summed E-state index contributed by atoms with van der Waals surface area (Å²) < 4.78 is 16.8. The number of amides is 1. The molecule has 0 saturated heterocycles. The molecule has 4 rings (SSSR count). The van der Waals surface area contributed by atoms with E-state index >= 15 is 0 Å². The maximum atomic E-state index is 12.4. The van der Waals surface area contributed by atoms with E-state index in [2.05, 4.69) is 25.0 Å². The van der Waals surface area contributed by atoms with Crippen LogP contribution < -0.4 is 20.1 Å². The van der Waals surface area contributed by atoms with Gasteiger partial charge in [0.1, 0.15) is 11.3 Å². The van der Waals surface area contributed by atoms with E-state index in [1.807, 2.05) is 18.2 Å². The number of carbonyl (C=O) groups excluding carboxylic acids is 1. The first-order chi connectivity index (χ1) is 14.2. The van der Waals surface area contributed by atoms with Gasteiger partial charge in [-0.3, -0.25) is 9.36 Å². The Bertz CT molecular complexity index is 959. The lowest BCUT2D eigenvalue weighted by molar-refractivity contribution is -0.122. The van der Waals surface area contributed by atoms with Gasteiger partial charge in [-0.25, -0.2) is 9.97 Å². The zero-order valence-corrected chi connectivity index (χ0v) is 16.8. The summed E-state index contributed by atoms with van der Waals surface area (Å²) in [6.45, 7) is 1.79. The summed E-state index contributed by atoms with van der Waals surface area (Å²) in [5.41, 5.74) is 1.13. The van der Waals surface area contributed by atoms with Crippen molar-refractivity contribution in [1.29, 1.82) is 0 Å². The van der Waals surface area contributed by atoms with E-state index in [0.29, 0.717) is 17.4 Å². The second kappa shape index (κ2) is 9.01. The number of hydrogen-bond donors (Lipinski definition) is 2. The van der Waals surface area contributed by atoms with Crippen molar-refractivity contribution in [3.05, 3.63) is 47.5 Å². The van der Waals surface area contributed by atoms with Gasteiger partial charge in [0.25, 0.3) is 0 Å². The number of aromatic nitrogens is 4. The lowest BCUT2D eigenvalue weighted by atomic mass is 10.0. The molecule has 3 heterocycles. The van der Waals surface area contributed by atoms with Crippen LogP contribution in [0.3, 0.4) is 0 Å². The van der Waals surface area contributed by atoms with E-state index in [0.717, 1.165) is 36.6 Å². The Balaban J connectivity index is 1.29. The molecule has 3 aromatic rings. The maximum Gasteiger partial charge on any atom is 0.246 e. The average Bonchev–Trinajstić information content (AvgIpc) is 3.50. The minimum absolute atomic E-state index is 0.0471. The highest BCUT2D eigenvalue weighted by Gasteiger charge is 2.24. The molecule has 0 spiro atoms. The third-order valence-corrected chi connectivity index (χ3v) is 5.46. The summed E-state index contributed by atoms with van der Waals surface area (Å²) in [5, 5.41) is 6.86. The standard InChI is InChI=1S/C19H22N6O3S/c1-20-17(26)14(18-23-19(24-29-18)25-8-7-22-11-25)3-2-6-21-10-13-4-5-15-16(9-13)28-12-27-15/h4-5,7-9,11,14,21H,2-3,6,10,12H2,1H3,(H,20,26). The number of ether oxygens (including phenoxy) is 2. The van der Waals surface area contributed by atoms with Gasteiger partial charge in [0.2, 0.25) is 18.6 Å². The molecule has 1 aromatic carbocycles. The lowest BCUT2D eigenvalue weighted by Crippen LogP contribution is -2.26. The van der Waals surface area contributed by atoms with E-state index in [9.17, 15) is 4.79 Å². The maximum absolute atomic E-state index is 12.4. The van der Waals surface area contributed by atoms with E-state index < -0.39 is 0 Å². The molecule has 0 bridgehead atoms. The van der Waals surface area contributed by atoms with Gasteiger partial charge >= 0.3 is 0 Å². The Morgan fingerprint density at radius 1 is 1.34 bits per heavy atom. The summed E-state index contributed by atoms with van der Waals surface area (Å²) in [7, 11) is 1.64. The predicted octanol–water partition coefficient (Wildman–Crippen LogP) is 1.85. The summed E-state index contributed by atoms with van der Waals surface area (Å²) in [6.07, 6.45) is 6.61. The number of likely N-dealkylation sites (N-methyl/N-ethyl adjacent to an activating group) is 1. The molecule has 0 fully saturated rings. The van der Waals surface area contributed by atoms with Crippen molar-refractivity contribution < 1.29 is 14.3 Å². The fraction of sp³-hybridized carbons (Fsp3) is 0.368. The summed E-state index contributed by atoms with van der Waals surface area (Å²) in [5.74, 6) is 1.75. The molecular weight excluding hydrogens is 392 g/mol. The van der Waals surface area contributed by atoms with Crippen LogP contribution in [0.2, 0.25) is 0 Å². The van der Waals surface area contributed by atoms with Crippen molar-refractivity contribution >= 4 is 17.4 Å². The molecule has 0 saturated carbocycles. The molecule has 0 radical (unpaired) electrons. The largest absolute Gasteiger partial charge is 0.454 e. The second-order valence-electron chi connectivity index (χ2n) is 6.58. The van der Waals surface area contributed by atoms with Gasteiger partial charge in [0.05, 0.1) is 5.92 Å². The van der Waals surface area contributed by atoms with Crippen LogP contribution in [0, 0.1) is 0 Å². The van der Waals surface area contributed by atoms with E-state index in [1.54, 1.807) is 30.3 Å². The molecule has 9 nitrogen and oxygen atoms in total. The zero-order valence-electron chi connectivity index (χ0n) is 16.0. The van der Waals surface area contributed by atoms with Crippen molar-refractivity contribution in [2.45, 2.75) is 25.3 Å². The summed E-state index contributed by atoms with van der Waals surface area (Å²) >= 11 is 1.25. The van der Waals surface area contributed by atoms with Crippen LogP contribution in [0.5, 0.6) is 11.5 Å². The number of fused-ring (bicyclic) bond motifs is 1. The monoisotopic (exact) mass is 414 g/mol. The molecule has 1 aliphatic rings. The number of carbonyl (C=O) groups is 1. The van der Waals surface area contributed by atoms with E-state index in [1.165, 1.54) is 11.5 Å². The fourth-order valence-electron chi connectivity index (χ4n) is 3.11.